The van der Waals surface area contributed by atoms with Gasteiger partial charge in [0.2, 0.25) is 0 Å². The van der Waals surface area contributed by atoms with Gasteiger partial charge in [0.25, 0.3) is 0 Å². The standard InChI is InChI=1S/C13H19N3/c1-10-4-5-12(7-14)13(6-10)16-9-11(2)8-15-3/h4-6,11,15-16H,8-9H2,1-3H3. The lowest BCUT2D eigenvalue weighted by molar-refractivity contribution is 0.569. The van der Waals surface area contributed by atoms with Gasteiger partial charge in [0.05, 0.1) is 11.3 Å². The summed E-state index contributed by atoms with van der Waals surface area (Å²) in [5.74, 6) is 0.539. The van der Waals surface area contributed by atoms with Crippen LogP contribution in [-0.4, -0.2) is 20.1 Å². The lowest BCUT2D eigenvalue weighted by Crippen LogP contribution is -2.23. The molecule has 0 radical (unpaired) electrons. The van der Waals surface area contributed by atoms with Crippen LogP contribution in [0.2, 0.25) is 0 Å². The molecule has 0 aliphatic rings. The first-order valence-electron chi connectivity index (χ1n) is 5.56. The van der Waals surface area contributed by atoms with Gasteiger partial charge in [-0.2, -0.15) is 5.26 Å². The highest BCUT2D eigenvalue weighted by Gasteiger charge is 2.04. The van der Waals surface area contributed by atoms with Crippen LogP contribution < -0.4 is 10.6 Å². The summed E-state index contributed by atoms with van der Waals surface area (Å²) in [5.41, 5.74) is 2.82. The number of benzene rings is 1. The van der Waals surface area contributed by atoms with E-state index in [2.05, 4.69) is 23.6 Å². The van der Waals surface area contributed by atoms with Crippen molar-refractivity contribution < 1.29 is 0 Å². The summed E-state index contributed by atoms with van der Waals surface area (Å²) in [6, 6.07) is 8.04. The second kappa shape index (κ2) is 6.14. The van der Waals surface area contributed by atoms with Crippen LogP contribution in [-0.2, 0) is 0 Å². The summed E-state index contributed by atoms with van der Waals surface area (Å²) in [5, 5.41) is 15.4. The third-order valence-electron chi connectivity index (χ3n) is 2.49. The van der Waals surface area contributed by atoms with Gasteiger partial charge >= 0.3 is 0 Å². The zero-order valence-corrected chi connectivity index (χ0v) is 10.2. The fourth-order valence-electron chi connectivity index (χ4n) is 1.61. The van der Waals surface area contributed by atoms with Gasteiger partial charge in [0.1, 0.15) is 6.07 Å². The molecule has 1 aromatic rings. The molecule has 0 saturated carbocycles. The molecular formula is C13H19N3. The second-order valence-corrected chi connectivity index (χ2v) is 4.20. The van der Waals surface area contributed by atoms with Crippen LogP contribution in [0.25, 0.3) is 0 Å². The third kappa shape index (κ3) is 3.56. The average molecular weight is 217 g/mol. The van der Waals surface area contributed by atoms with Crippen LogP contribution >= 0.6 is 0 Å². The monoisotopic (exact) mass is 217 g/mol. The van der Waals surface area contributed by atoms with E-state index >= 15 is 0 Å². The predicted octanol–water partition coefficient (Wildman–Crippen LogP) is 2.13. The van der Waals surface area contributed by atoms with Gasteiger partial charge in [-0.1, -0.05) is 13.0 Å². The molecule has 0 aliphatic carbocycles. The molecule has 86 valence electrons. The molecule has 3 heteroatoms. The highest BCUT2D eigenvalue weighted by molar-refractivity contribution is 5.58. The number of aryl methyl sites for hydroxylation is 1. The van der Waals surface area contributed by atoms with Crippen molar-refractivity contribution in [2.24, 2.45) is 5.92 Å². The molecule has 1 unspecified atom stereocenters. The number of hydrogen-bond donors (Lipinski definition) is 2. The Morgan fingerprint density at radius 2 is 2.12 bits per heavy atom. The Morgan fingerprint density at radius 1 is 1.38 bits per heavy atom. The van der Waals surface area contributed by atoms with E-state index in [0.717, 1.165) is 18.8 Å². The summed E-state index contributed by atoms with van der Waals surface area (Å²) in [7, 11) is 1.95. The molecule has 0 aliphatic heterocycles. The van der Waals surface area contributed by atoms with Gasteiger partial charge in [-0.05, 0) is 44.1 Å². The Labute approximate surface area is 97.5 Å². The lowest BCUT2D eigenvalue weighted by Gasteiger charge is -2.14. The number of nitrogens with zero attached hydrogens (tertiary/aromatic N) is 1. The molecule has 3 nitrogen and oxygen atoms in total. The largest absolute Gasteiger partial charge is 0.384 e. The summed E-state index contributed by atoms with van der Waals surface area (Å²) in [6.45, 7) is 6.05. The maximum atomic E-state index is 8.98. The Bertz CT molecular complexity index is 379. The van der Waals surface area contributed by atoms with E-state index in [4.69, 9.17) is 5.26 Å². The molecule has 1 atom stereocenters. The molecule has 0 heterocycles. The lowest BCUT2D eigenvalue weighted by atomic mass is 10.1. The van der Waals surface area contributed by atoms with Crippen LogP contribution in [0.4, 0.5) is 5.69 Å². The highest BCUT2D eigenvalue weighted by Crippen LogP contribution is 2.16. The third-order valence-corrected chi connectivity index (χ3v) is 2.49. The predicted molar refractivity (Wildman–Crippen MR) is 67.5 cm³/mol. The van der Waals surface area contributed by atoms with Gasteiger partial charge in [0, 0.05) is 6.54 Å². The molecule has 1 aromatic carbocycles. The topological polar surface area (TPSA) is 47.8 Å². The molecule has 0 amide bonds. The Morgan fingerprint density at radius 3 is 2.75 bits per heavy atom. The van der Waals surface area contributed by atoms with Crippen LogP contribution in [0.3, 0.4) is 0 Å². The highest BCUT2D eigenvalue weighted by atomic mass is 14.9. The quantitative estimate of drug-likeness (QED) is 0.794. The maximum Gasteiger partial charge on any atom is 0.101 e. The molecule has 0 saturated heterocycles. The van der Waals surface area contributed by atoms with Crippen molar-refractivity contribution in [1.82, 2.24) is 5.32 Å². The average Bonchev–Trinajstić information content (AvgIpc) is 2.27. The van der Waals surface area contributed by atoms with Crippen LogP contribution in [0.5, 0.6) is 0 Å². The summed E-state index contributed by atoms with van der Waals surface area (Å²) >= 11 is 0. The fourth-order valence-corrected chi connectivity index (χ4v) is 1.61. The minimum atomic E-state index is 0.539. The number of anilines is 1. The first-order valence-corrected chi connectivity index (χ1v) is 5.56. The van der Waals surface area contributed by atoms with Gasteiger partial charge in [-0.3, -0.25) is 0 Å². The molecule has 16 heavy (non-hydrogen) atoms. The van der Waals surface area contributed by atoms with Crippen molar-refractivity contribution in [1.29, 1.82) is 5.26 Å². The van der Waals surface area contributed by atoms with Crippen molar-refractivity contribution in [2.75, 3.05) is 25.5 Å². The molecule has 0 bridgehead atoms. The Hall–Kier alpha value is -1.53. The van der Waals surface area contributed by atoms with Crippen molar-refractivity contribution in [3.05, 3.63) is 29.3 Å². The van der Waals surface area contributed by atoms with E-state index in [-0.39, 0.29) is 0 Å². The Kier molecular flexibility index (Phi) is 4.81. The molecule has 0 spiro atoms. The van der Waals surface area contributed by atoms with Gasteiger partial charge < -0.3 is 10.6 Å². The van der Waals surface area contributed by atoms with Crippen molar-refractivity contribution in [3.63, 3.8) is 0 Å². The van der Waals surface area contributed by atoms with Crippen molar-refractivity contribution >= 4 is 5.69 Å². The molecule has 2 N–H and O–H groups in total. The number of nitrogens with one attached hydrogen (secondary N) is 2. The van der Waals surface area contributed by atoms with E-state index in [0.29, 0.717) is 11.5 Å². The zero-order valence-electron chi connectivity index (χ0n) is 10.2. The normalized spacial score (nSPS) is 11.9. The summed E-state index contributed by atoms with van der Waals surface area (Å²) in [6.07, 6.45) is 0. The first kappa shape index (κ1) is 12.5. The van der Waals surface area contributed by atoms with Gasteiger partial charge in [-0.25, -0.2) is 0 Å². The molecule has 0 fully saturated rings. The summed E-state index contributed by atoms with van der Waals surface area (Å²) in [4.78, 5) is 0. The minimum absolute atomic E-state index is 0.539. The molecular weight excluding hydrogens is 198 g/mol. The van der Waals surface area contributed by atoms with Gasteiger partial charge in [0.15, 0.2) is 0 Å². The van der Waals surface area contributed by atoms with Crippen molar-refractivity contribution in [2.45, 2.75) is 13.8 Å². The number of hydrogen-bond acceptors (Lipinski definition) is 3. The minimum Gasteiger partial charge on any atom is -0.384 e. The van der Waals surface area contributed by atoms with E-state index in [1.807, 2.05) is 32.2 Å². The smallest absolute Gasteiger partial charge is 0.101 e. The van der Waals surface area contributed by atoms with E-state index < -0.39 is 0 Å². The van der Waals surface area contributed by atoms with E-state index in [9.17, 15) is 0 Å². The van der Waals surface area contributed by atoms with Gasteiger partial charge in [-0.15, -0.1) is 0 Å². The fraction of sp³-hybridized carbons (Fsp3) is 0.462. The maximum absolute atomic E-state index is 8.98. The van der Waals surface area contributed by atoms with Crippen LogP contribution in [0.15, 0.2) is 18.2 Å². The summed E-state index contributed by atoms with van der Waals surface area (Å²) < 4.78 is 0. The molecule has 0 aromatic heterocycles. The second-order valence-electron chi connectivity index (χ2n) is 4.20. The van der Waals surface area contributed by atoms with E-state index in [1.165, 1.54) is 5.56 Å². The molecule has 1 rings (SSSR count). The van der Waals surface area contributed by atoms with Crippen molar-refractivity contribution in [3.8, 4) is 6.07 Å². The number of nitriles is 1. The number of rotatable bonds is 5. The van der Waals surface area contributed by atoms with Crippen LogP contribution in [0.1, 0.15) is 18.1 Å². The SMILES string of the molecule is CNCC(C)CNc1cc(C)ccc1C#N. The zero-order chi connectivity index (χ0) is 12.0. The Balaban J connectivity index is 2.66. The first-order chi connectivity index (χ1) is 7.67. The van der Waals surface area contributed by atoms with Crippen LogP contribution in [0, 0.1) is 24.2 Å². The van der Waals surface area contributed by atoms with E-state index in [1.54, 1.807) is 0 Å².